The maximum atomic E-state index is 11.4. The van der Waals surface area contributed by atoms with E-state index in [1.807, 2.05) is 68.7 Å². The Labute approximate surface area is 243 Å². The number of nitrogens with zero attached hydrogens (tertiary/aromatic N) is 6. The number of nitrogens with one attached hydrogen (secondary N) is 2. The van der Waals surface area contributed by atoms with Gasteiger partial charge >= 0.3 is 6.09 Å². The zero-order chi connectivity index (χ0) is 29.1. The molecule has 42 heavy (non-hydrogen) atoms. The molecule has 1 aliphatic heterocycles. The van der Waals surface area contributed by atoms with Crippen LogP contribution in [0.15, 0.2) is 73.2 Å². The first kappa shape index (κ1) is 27.0. The Balaban J connectivity index is 1.27. The predicted octanol–water partition coefficient (Wildman–Crippen LogP) is 5.69. The van der Waals surface area contributed by atoms with Gasteiger partial charge in [-0.3, -0.25) is 4.68 Å². The number of likely N-dealkylation sites (tertiary alicyclic amines) is 1. The molecular formula is C31H32N8O3. The van der Waals surface area contributed by atoms with Gasteiger partial charge in [-0.1, -0.05) is 24.3 Å². The number of fused-ring (bicyclic) bond motifs is 1. The average molecular weight is 565 g/mol. The summed E-state index contributed by atoms with van der Waals surface area (Å²) in [5, 5.41) is 22.6. The molecule has 0 saturated carbocycles. The van der Waals surface area contributed by atoms with Crippen LogP contribution in [-0.4, -0.2) is 60.0 Å². The maximum Gasteiger partial charge on any atom is 0.407 e. The number of benzene rings is 2. The minimum atomic E-state index is -0.909. The quantitative estimate of drug-likeness (QED) is 0.217. The summed E-state index contributed by atoms with van der Waals surface area (Å²) in [7, 11) is 1.91. The van der Waals surface area contributed by atoms with Crippen LogP contribution in [0.5, 0.6) is 11.6 Å². The van der Waals surface area contributed by atoms with Gasteiger partial charge < -0.3 is 25.4 Å². The van der Waals surface area contributed by atoms with E-state index >= 15 is 0 Å². The molecule has 11 heteroatoms. The Morgan fingerprint density at radius 2 is 1.98 bits per heavy atom. The fraction of sp³-hybridized carbons (Fsp3) is 0.258. The second-order valence-electron chi connectivity index (χ2n) is 10.4. The number of anilines is 2. The van der Waals surface area contributed by atoms with E-state index in [4.69, 9.17) is 9.72 Å². The first-order valence-electron chi connectivity index (χ1n) is 13.9. The molecular weight excluding hydrogens is 532 g/mol. The van der Waals surface area contributed by atoms with E-state index < -0.39 is 6.09 Å². The molecule has 0 bridgehead atoms. The van der Waals surface area contributed by atoms with Crippen LogP contribution in [0.2, 0.25) is 0 Å². The molecule has 1 amide bonds. The molecule has 1 atom stereocenters. The van der Waals surface area contributed by atoms with E-state index in [2.05, 4.69) is 31.8 Å². The van der Waals surface area contributed by atoms with Gasteiger partial charge in [0.1, 0.15) is 5.75 Å². The summed E-state index contributed by atoms with van der Waals surface area (Å²) in [5.74, 6) is 1.58. The molecule has 0 radical (unpaired) electrons. The van der Waals surface area contributed by atoms with Gasteiger partial charge in [-0.15, -0.1) is 0 Å². The van der Waals surface area contributed by atoms with Gasteiger partial charge in [-0.2, -0.15) is 5.10 Å². The van der Waals surface area contributed by atoms with Crippen LogP contribution >= 0.6 is 0 Å². The lowest BCUT2D eigenvalue weighted by Crippen LogP contribution is -2.44. The monoisotopic (exact) mass is 564 g/mol. The van der Waals surface area contributed by atoms with Crippen molar-refractivity contribution in [3.63, 3.8) is 0 Å². The number of carboxylic acid groups (broad SMARTS) is 1. The smallest absolute Gasteiger partial charge is 0.407 e. The second-order valence-corrected chi connectivity index (χ2v) is 10.4. The molecule has 214 valence electrons. The summed E-state index contributed by atoms with van der Waals surface area (Å²) in [6.07, 6.45) is 6.03. The highest BCUT2D eigenvalue weighted by molar-refractivity contribution is 5.98. The van der Waals surface area contributed by atoms with Gasteiger partial charge in [0.05, 0.1) is 23.5 Å². The molecule has 3 N–H and O–H groups in total. The number of ether oxygens (including phenoxy) is 1. The lowest BCUT2D eigenvalue weighted by atomic mass is 10.0. The molecule has 1 aliphatic rings. The second kappa shape index (κ2) is 11.7. The zero-order valence-corrected chi connectivity index (χ0v) is 23.5. The molecule has 1 saturated heterocycles. The Hall–Kier alpha value is -5.19. The first-order valence-corrected chi connectivity index (χ1v) is 13.9. The highest BCUT2D eigenvalue weighted by Gasteiger charge is 2.24. The minimum Gasteiger partial charge on any atom is -0.465 e. The molecule has 0 spiro atoms. The fourth-order valence-corrected chi connectivity index (χ4v) is 5.27. The van der Waals surface area contributed by atoms with Gasteiger partial charge in [0.15, 0.2) is 0 Å². The van der Waals surface area contributed by atoms with Crippen LogP contribution in [0.1, 0.15) is 24.1 Å². The topological polar surface area (TPSA) is 130 Å². The van der Waals surface area contributed by atoms with Crippen molar-refractivity contribution in [3.8, 4) is 22.9 Å². The number of carbonyl (C=O) groups is 1. The molecule has 0 unspecified atom stereocenters. The van der Waals surface area contributed by atoms with Crippen LogP contribution in [0, 0.1) is 6.92 Å². The van der Waals surface area contributed by atoms with Crippen LogP contribution in [-0.2, 0) is 13.6 Å². The third kappa shape index (κ3) is 5.80. The summed E-state index contributed by atoms with van der Waals surface area (Å²) in [6.45, 7) is 3.56. The summed E-state index contributed by atoms with van der Waals surface area (Å²) < 4.78 is 8.34. The SMILES string of the molecule is Cc1ccc2c(NCc3ccn(C)n3)cccc2c1Oc1ncccc1-c1ccnc(N[C@H]2CCCN(C(=O)O)C2)n1. The standard InChI is InChI=1S/C31H32N8O3/c1-20-10-11-23-24(7-3-9-26(23)34-18-21-13-17-38(2)37-21)28(20)42-29-25(8-4-14-32-29)27-12-15-33-30(36-27)35-22-6-5-16-39(19-22)31(40)41/h3-4,7-15,17,22,34H,5-6,16,18-19H2,1-2H3,(H,40,41)(H,33,35,36)/t22-/m0/s1. The highest BCUT2D eigenvalue weighted by atomic mass is 16.5. The van der Waals surface area contributed by atoms with Crippen LogP contribution in [0.4, 0.5) is 16.4 Å². The summed E-state index contributed by atoms with van der Waals surface area (Å²) in [4.78, 5) is 26.6. The minimum absolute atomic E-state index is 0.0615. The van der Waals surface area contributed by atoms with E-state index in [1.165, 1.54) is 4.90 Å². The lowest BCUT2D eigenvalue weighted by Gasteiger charge is -2.31. The van der Waals surface area contributed by atoms with Crippen molar-refractivity contribution in [1.82, 2.24) is 29.6 Å². The third-order valence-electron chi connectivity index (χ3n) is 7.36. The van der Waals surface area contributed by atoms with E-state index in [0.29, 0.717) is 37.2 Å². The number of pyridine rings is 1. The fourth-order valence-electron chi connectivity index (χ4n) is 5.27. The van der Waals surface area contributed by atoms with E-state index in [0.717, 1.165) is 51.9 Å². The molecule has 0 aliphatic carbocycles. The summed E-state index contributed by atoms with van der Waals surface area (Å²) in [5.41, 5.74) is 4.29. The zero-order valence-electron chi connectivity index (χ0n) is 23.5. The van der Waals surface area contributed by atoms with Crippen LogP contribution in [0.25, 0.3) is 22.0 Å². The molecule has 2 aromatic carbocycles. The molecule has 1 fully saturated rings. The number of aryl methyl sites for hydroxylation is 2. The van der Waals surface area contributed by atoms with Gasteiger partial charge in [0.25, 0.3) is 0 Å². The first-order chi connectivity index (χ1) is 20.4. The van der Waals surface area contributed by atoms with Crippen molar-refractivity contribution in [3.05, 3.63) is 84.4 Å². The number of aromatic nitrogens is 5. The highest BCUT2D eigenvalue weighted by Crippen LogP contribution is 2.38. The van der Waals surface area contributed by atoms with Crippen molar-refractivity contribution in [1.29, 1.82) is 0 Å². The van der Waals surface area contributed by atoms with E-state index in [1.54, 1.807) is 17.1 Å². The van der Waals surface area contributed by atoms with E-state index in [9.17, 15) is 9.90 Å². The molecule has 6 rings (SSSR count). The normalized spacial score (nSPS) is 15.0. The number of hydrogen-bond donors (Lipinski definition) is 3. The van der Waals surface area contributed by atoms with Gasteiger partial charge in [-0.25, -0.2) is 19.7 Å². The van der Waals surface area contributed by atoms with Crippen molar-refractivity contribution in [2.24, 2.45) is 7.05 Å². The van der Waals surface area contributed by atoms with Crippen molar-refractivity contribution in [2.75, 3.05) is 23.7 Å². The van der Waals surface area contributed by atoms with Crippen LogP contribution in [0.3, 0.4) is 0 Å². The Morgan fingerprint density at radius 1 is 1.07 bits per heavy atom. The third-order valence-corrected chi connectivity index (χ3v) is 7.36. The maximum absolute atomic E-state index is 11.4. The Bertz CT molecular complexity index is 1740. The van der Waals surface area contributed by atoms with Crippen molar-refractivity contribution in [2.45, 2.75) is 32.4 Å². The van der Waals surface area contributed by atoms with Gasteiger partial charge in [0, 0.05) is 61.2 Å². The Kier molecular flexibility index (Phi) is 7.54. The molecule has 5 aromatic rings. The van der Waals surface area contributed by atoms with Gasteiger partial charge in [-0.05, 0) is 55.7 Å². The van der Waals surface area contributed by atoms with Crippen LogP contribution < -0.4 is 15.4 Å². The van der Waals surface area contributed by atoms with Crippen molar-refractivity contribution >= 4 is 28.5 Å². The molecule has 3 aromatic heterocycles. The Morgan fingerprint density at radius 3 is 2.81 bits per heavy atom. The summed E-state index contributed by atoms with van der Waals surface area (Å²) >= 11 is 0. The average Bonchev–Trinajstić information content (AvgIpc) is 3.42. The van der Waals surface area contributed by atoms with Crippen molar-refractivity contribution < 1.29 is 14.6 Å². The number of hydrogen-bond acceptors (Lipinski definition) is 8. The molecule has 4 heterocycles. The predicted molar refractivity (Wildman–Crippen MR) is 161 cm³/mol. The van der Waals surface area contributed by atoms with E-state index in [-0.39, 0.29) is 6.04 Å². The lowest BCUT2D eigenvalue weighted by molar-refractivity contribution is 0.132. The number of amides is 1. The van der Waals surface area contributed by atoms with Gasteiger partial charge in [0.2, 0.25) is 11.8 Å². The summed E-state index contributed by atoms with van der Waals surface area (Å²) in [6, 6.07) is 17.8. The largest absolute Gasteiger partial charge is 0.465 e. The number of piperidine rings is 1. The molecule has 11 nitrogen and oxygen atoms in total. The number of rotatable bonds is 8.